The molecule has 0 aliphatic rings. The molecule has 0 atom stereocenters. The lowest BCUT2D eigenvalue weighted by Crippen LogP contribution is -2.16. The van der Waals surface area contributed by atoms with Crippen LogP contribution in [0.2, 0.25) is 0 Å². The standard InChI is InChI=1S/C9H10N4O4/c14-13(15)9-2-1-7(16-9)5-10-4-3-8-11-6-12-17-8/h1-2,6,10H,3-5H2. The molecule has 0 aromatic carbocycles. The number of hydrogen-bond donors (Lipinski definition) is 1. The van der Waals surface area contributed by atoms with Crippen molar-refractivity contribution in [3.8, 4) is 0 Å². The molecule has 8 nitrogen and oxygen atoms in total. The summed E-state index contributed by atoms with van der Waals surface area (Å²) >= 11 is 0. The van der Waals surface area contributed by atoms with Crippen molar-refractivity contribution in [1.82, 2.24) is 15.5 Å². The molecule has 0 aliphatic heterocycles. The summed E-state index contributed by atoms with van der Waals surface area (Å²) in [5, 5.41) is 16.9. The van der Waals surface area contributed by atoms with E-state index in [4.69, 9.17) is 8.94 Å². The number of aromatic nitrogens is 2. The van der Waals surface area contributed by atoms with Gasteiger partial charge in [-0.3, -0.25) is 10.1 Å². The first-order chi connectivity index (χ1) is 8.25. The normalized spacial score (nSPS) is 10.6. The molecule has 0 amide bonds. The minimum Gasteiger partial charge on any atom is -0.404 e. The van der Waals surface area contributed by atoms with Gasteiger partial charge in [0.15, 0.2) is 6.33 Å². The number of rotatable bonds is 6. The second-order valence-electron chi connectivity index (χ2n) is 3.26. The van der Waals surface area contributed by atoms with Crippen LogP contribution in [0, 0.1) is 10.1 Å². The Hall–Kier alpha value is -2.22. The Labute approximate surface area is 95.8 Å². The smallest absolute Gasteiger partial charge is 0.404 e. The van der Waals surface area contributed by atoms with E-state index >= 15 is 0 Å². The molecule has 0 saturated heterocycles. The number of nitro groups is 1. The molecular weight excluding hydrogens is 228 g/mol. The van der Waals surface area contributed by atoms with Crippen molar-refractivity contribution < 1.29 is 13.9 Å². The highest BCUT2D eigenvalue weighted by molar-refractivity contribution is 5.17. The maximum Gasteiger partial charge on any atom is 0.433 e. The number of hydrogen-bond acceptors (Lipinski definition) is 7. The van der Waals surface area contributed by atoms with Crippen molar-refractivity contribution in [2.75, 3.05) is 6.54 Å². The fourth-order valence-electron chi connectivity index (χ4n) is 1.27. The third-order valence-corrected chi connectivity index (χ3v) is 2.05. The SMILES string of the molecule is O=[N+]([O-])c1ccc(CNCCc2ncno2)o1. The third-order valence-electron chi connectivity index (χ3n) is 2.05. The first kappa shape index (κ1) is 11.3. The highest BCUT2D eigenvalue weighted by atomic mass is 16.6. The van der Waals surface area contributed by atoms with Crippen molar-refractivity contribution in [2.45, 2.75) is 13.0 Å². The Balaban J connectivity index is 1.72. The van der Waals surface area contributed by atoms with E-state index in [1.54, 1.807) is 6.07 Å². The molecule has 0 bridgehead atoms. The molecular formula is C9H10N4O4. The molecule has 0 unspecified atom stereocenters. The van der Waals surface area contributed by atoms with E-state index in [9.17, 15) is 10.1 Å². The van der Waals surface area contributed by atoms with Gasteiger partial charge in [0.2, 0.25) is 5.89 Å². The first-order valence-corrected chi connectivity index (χ1v) is 4.95. The largest absolute Gasteiger partial charge is 0.433 e. The van der Waals surface area contributed by atoms with Crippen LogP contribution in [0.1, 0.15) is 11.7 Å². The molecule has 2 rings (SSSR count). The summed E-state index contributed by atoms with van der Waals surface area (Å²) in [6.45, 7) is 1.04. The number of nitrogens with zero attached hydrogens (tertiary/aromatic N) is 3. The van der Waals surface area contributed by atoms with Gasteiger partial charge in [-0.25, -0.2) is 0 Å². The molecule has 8 heteroatoms. The number of furan rings is 1. The molecule has 0 aliphatic carbocycles. The predicted octanol–water partition coefficient (Wildman–Crippen LogP) is 0.903. The molecule has 2 heterocycles. The van der Waals surface area contributed by atoms with Gasteiger partial charge in [-0.15, -0.1) is 0 Å². The monoisotopic (exact) mass is 238 g/mol. The average molecular weight is 238 g/mol. The van der Waals surface area contributed by atoms with Gasteiger partial charge >= 0.3 is 5.88 Å². The molecule has 0 spiro atoms. The van der Waals surface area contributed by atoms with E-state index < -0.39 is 4.92 Å². The van der Waals surface area contributed by atoms with Crippen LogP contribution < -0.4 is 5.32 Å². The molecule has 17 heavy (non-hydrogen) atoms. The third kappa shape index (κ3) is 3.11. The Morgan fingerprint density at radius 2 is 2.35 bits per heavy atom. The second-order valence-corrected chi connectivity index (χ2v) is 3.26. The summed E-state index contributed by atoms with van der Waals surface area (Å²) < 4.78 is 9.78. The molecule has 2 aromatic heterocycles. The Bertz CT molecular complexity index is 479. The molecule has 90 valence electrons. The first-order valence-electron chi connectivity index (χ1n) is 4.95. The summed E-state index contributed by atoms with van der Waals surface area (Å²) in [6, 6.07) is 2.90. The van der Waals surface area contributed by atoms with Gasteiger partial charge in [0, 0.05) is 13.0 Å². The van der Waals surface area contributed by atoms with Gasteiger partial charge in [-0.1, -0.05) is 5.16 Å². The molecule has 1 N–H and O–H groups in total. The van der Waals surface area contributed by atoms with E-state index in [-0.39, 0.29) is 5.88 Å². The summed E-state index contributed by atoms with van der Waals surface area (Å²) in [6.07, 6.45) is 1.94. The summed E-state index contributed by atoms with van der Waals surface area (Å²) in [7, 11) is 0. The van der Waals surface area contributed by atoms with Crippen LogP contribution in [0.3, 0.4) is 0 Å². The maximum absolute atomic E-state index is 10.4. The van der Waals surface area contributed by atoms with Crippen molar-refractivity contribution in [3.63, 3.8) is 0 Å². The van der Waals surface area contributed by atoms with Crippen LogP contribution in [0.25, 0.3) is 0 Å². The zero-order chi connectivity index (χ0) is 12.1. The Kier molecular flexibility index (Phi) is 3.46. The molecule has 2 aromatic rings. The van der Waals surface area contributed by atoms with Gasteiger partial charge in [0.1, 0.15) is 10.7 Å². The average Bonchev–Trinajstić information content (AvgIpc) is 2.96. The summed E-state index contributed by atoms with van der Waals surface area (Å²) in [5.74, 6) is 0.809. The fraction of sp³-hybridized carbons (Fsp3) is 0.333. The lowest BCUT2D eigenvalue weighted by atomic mass is 10.4. The Morgan fingerprint density at radius 3 is 3.00 bits per heavy atom. The van der Waals surface area contributed by atoms with Crippen LogP contribution in [0.15, 0.2) is 27.4 Å². The highest BCUT2D eigenvalue weighted by Gasteiger charge is 2.11. The minimum absolute atomic E-state index is 0.251. The summed E-state index contributed by atoms with van der Waals surface area (Å²) in [4.78, 5) is 13.7. The molecule has 0 saturated carbocycles. The van der Waals surface area contributed by atoms with E-state index in [2.05, 4.69) is 15.5 Å². The summed E-state index contributed by atoms with van der Waals surface area (Å²) in [5.41, 5.74) is 0. The maximum atomic E-state index is 10.4. The minimum atomic E-state index is -0.568. The van der Waals surface area contributed by atoms with Gasteiger partial charge in [0.05, 0.1) is 12.6 Å². The Morgan fingerprint density at radius 1 is 1.47 bits per heavy atom. The van der Waals surface area contributed by atoms with Crippen LogP contribution >= 0.6 is 0 Å². The van der Waals surface area contributed by atoms with Crippen molar-refractivity contribution in [3.05, 3.63) is 40.2 Å². The fourth-order valence-corrected chi connectivity index (χ4v) is 1.27. The van der Waals surface area contributed by atoms with Gasteiger partial charge in [-0.2, -0.15) is 4.98 Å². The lowest BCUT2D eigenvalue weighted by molar-refractivity contribution is -0.402. The van der Waals surface area contributed by atoms with Gasteiger partial charge in [0.25, 0.3) is 0 Å². The van der Waals surface area contributed by atoms with Gasteiger partial charge < -0.3 is 14.3 Å². The predicted molar refractivity (Wildman–Crippen MR) is 55.1 cm³/mol. The highest BCUT2D eigenvalue weighted by Crippen LogP contribution is 2.14. The van der Waals surface area contributed by atoms with E-state index in [1.807, 2.05) is 0 Å². The van der Waals surface area contributed by atoms with Crippen LogP contribution in [-0.2, 0) is 13.0 Å². The van der Waals surface area contributed by atoms with Crippen LogP contribution in [0.5, 0.6) is 0 Å². The molecule has 0 fully saturated rings. The van der Waals surface area contributed by atoms with Crippen molar-refractivity contribution >= 4 is 5.88 Å². The quantitative estimate of drug-likeness (QED) is 0.452. The lowest BCUT2D eigenvalue weighted by Gasteiger charge is -1.98. The zero-order valence-corrected chi connectivity index (χ0v) is 8.83. The van der Waals surface area contributed by atoms with E-state index in [1.165, 1.54) is 12.4 Å². The molecule has 0 radical (unpaired) electrons. The second kappa shape index (κ2) is 5.21. The number of nitrogens with one attached hydrogen (secondary N) is 1. The van der Waals surface area contributed by atoms with Gasteiger partial charge in [-0.05, 0) is 6.07 Å². The van der Waals surface area contributed by atoms with Crippen LogP contribution in [0.4, 0.5) is 5.88 Å². The van der Waals surface area contributed by atoms with E-state index in [0.29, 0.717) is 31.2 Å². The van der Waals surface area contributed by atoms with Crippen molar-refractivity contribution in [1.29, 1.82) is 0 Å². The zero-order valence-electron chi connectivity index (χ0n) is 8.83. The topological polar surface area (TPSA) is 107 Å². The van der Waals surface area contributed by atoms with E-state index in [0.717, 1.165) is 0 Å². The van der Waals surface area contributed by atoms with Crippen LogP contribution in [-0.4, -0.2) is 21.6 Å². The van der Waals surface area contributed by atoms with Crippen molar-refractivity contribution in [2.24, 2.45) is 0 Å².